The monoisotopic (exact) mass is 330 g/mol. The number of hydrogen-bond donors (Lipinski definition) is 2. The molecule has 0 atom stereocenters. The lowest BCUT2D eigenvalue weighted by Crippen LogP contribution is -2.15. The van der Waals surface area contributed by atoms with E-state index in [0.717, 1.165) is 4.88 Å². The van der Waals surface area contributed by atoms with Crippen molar-refractivity contribution in [2.45, 2.75) is 0 Å². The molecule has 0 amide bonds. The van der Waals surface area contributed by atoms with Crippen molar-refractivity contribution in [1.29, 1.82) is 0 Å². The second-order valence-electron chi connectivity index (χ2n) is 4.52. The average molecular weight is 330 g/mol. The molecule has 0 unspecified atom stereocenters. The fourth-order valence-corrected chi connectivity index (χ4v) is 2.71. The van der Waals surface area contributed by atoms with Crippen LogP contribution in [0.1, 0.15) is 0 Å². The summed E-state index contributed by atoms with van der Waals surface area (Å²) in [4.78, 5) is 15.6. The van der Waals surface area contributed by atoms with Gasteiger partial charge in [0.2, 0.25) is 5.95 Å². The van der Waals surface area contributed by atoms with Gasteiger partial charge in [0.25, 0.3) is 5.56 Å². The van der Waals surface area contributed by atoms with Gasteiger partial charge in [-0.3, -0.25) is 9.78 Å². The van der Waals surface area contributed by atoms with Gasteiger partial charge in [0.1, 0.15) is 11.5 Å². The van der Waals surface area contributed by atoms with Crippen LogP contribution < -0.4 is 20.3 Å². The first-order valence-electron chi connectivity index (χ1n) is 6.71. The minimum Gasteiger partial charge on any atom is -0.497 e. The highest BCUT2D eigenvalue weighted by Crippen LogP contribution is 2.30. The van der Waals surface area contributed by atoms with Gasteiger partial charge in [-0.05, 0) is 23.6 Å². The van der Waals surface area contributed by atoms with Gasteiger partial charge in [-0.1, -0.05) is 6.07 Å². The molecule has 0 spiro atoms. The van der Waals surface area contributed by atoms with Crippen molar-refractivity contribution in [2.75, 3.05) is 19.5 Å². The third-order valence-corrected chi connectivity index (χ3v) is 3.99. The van der Waals surface area contributed by atoms with Crippen LogP contribution in [0, 0.1) is 0 Å². The molecular weight excluding hydrogens is 316 g/mol. The molecule has 0 saturated carbocycles. The lowest BCUT2D eigenvalue weighted by atomic mass is 10.2. The lowest BCUT2D eigenvalue weighted by Gasteiger charge is -2.11. The van der Waals surface area contributed by atoms with Crippen molar-refractivity contribution in [3.8, 4) is 22.1 Å². The molecule has 2 heterocycles. The second kappa shape index (κ2) is 6.49. The standard InChI is InChI=1S/C15H14N4O3S/c1-21-9-5-6-11(22-2)10(8-9)16-15-17-14(20)13(18-19-15)12-4-3-7-23-12/h3-8H,1-2H3,(H2,16,17,19,20). The Morgan fingerprint density at radius 3 is 2.70 bits per heavy atom. The van der Waals surface area contributed by atoms with Crippen LogP contribution in [0.25, 0.3) is 10.6 Å². The molecule has 0 saturated heterocycles. The van der Waals surface area contributed by atoms with Crippen LogP contribution in [0.2, 0.25) is 0 Å². The zero-order valence-electron chi connectivity index (χ0n) is 12.5. The van der Waals surface area contributed by atoms with Crippen LogP contribution >= 0.6 is 11.3 Å². The van der Waals surface area contributed by atoms with E-state index in [9.17, 15) is 4.79 Å². The smallest absolute Gasteiger partial charge is 0.280 e. The summed E-state index contributed by atoms with van der Waals surface area (Å²) in [7, 11) is 3.13. The molecule has 0 bridgehead atoms. The summed E-state index contributed by atoms with van der Waals surface area (Å²) in [6.07, 6.45) is 0. The van der Waals surface area contributed by atoms with Gasteiger partial charge in [-0.15, -0.1) is 21.5 Å². The van der Waals surface area contributed by atoms with E-state index in [0.29, 0.717) is 22.9 Å². The molecule has 118 valence electrons. The van der Waals surface area contributed by atoms with E-state index in [1.807, 2.05) is 17.5 Å². The number of hydrogen-bond acceptors (Lipinski definition) is 7. The Hall–Kier alpha value is -2.87. The van der Waals surface area contributed by atoms with Gasteiger partial charge in [-0.25, -0.2) is 0 Å². The maximum atomic E-state index is 12.2. The number of aromatic amines is 1. The first-order valence-corrected chi connectivity index (χ1v) is 7.59. The molecule has 2 N–H and O–H groups in total. The summed E-state index contributed by atoms with van der Waals surface area (Å²) in [5.74, 6) is 1.47. The molecule has 0 radical (unpaired) electrons. The second-order valence-corrected chi connectivity index (χ2v) is 5.47. The summed E-state index contributed by atoms with van der Waals surface area (Å²) in [5, 5.41) is 12.9. The van der Waals surface area contributed by atoms with E-state index in [1.54, 1.807) is 32.4 Å². The van der Waals surface area contributed by atoms with Gasteiger partial charge >= 0.3 is 0 Å². The Morgan fingerprint density at radius 2 is 2.04 bits per heavy atom. The molecule has 2 aromatic heterocycles. The third kappa shape index (κ3) is 3.16. The van der Waals surface area contributed by atoms with Gasteiger partial charge in [0, 0.05) is 6.07 Å². The van der Waals surface area contributed by atoms with E-state index >= 15 is 0 Å². The Morgan fingerprint density at radius 1 is 1.17 bits per heavy atom. The predicted molar refractivity (Wildman–Crippen MR) is 88.8 cm³/mol. The van der Waals surface area contributed by atoms with E-state index in [4.69, 9.17) is 9.47 Å². The average Bonchev–Trinajstić information content (AvgIpc) is 3.09. The molecule has 7 nitrogen and oxygen atoms in total. The highest BCUT2D eigenvalue weighted by atomic mass is 32.1. The minimum atomic E-state index is -0.313. The fourth-order valence-electron chi connectivity index (χ4n) is 2.01. The number of anilines is 2. The highest BCUT2D eigenvalue weighted by molar-refractivity contribution is 7.13. The largest absolute Gasteiger partial charge is 0.497 e. The number of thiophene rings is 1. The Kier molecular flexibility index (Phi) is 4.24. The van der Waals surface area contributed by atoms with Gasteiger partial charge in [-0.2, -0.15) is 0 Å². The number of nitrogens with zero attached hydrogens (tertiary/aromatic N) is 2. The Balaban J connectivity index is 1.92. The molecule has 3 rings (SSSR count). The zero-order valence-corrected chi connectivity index (χ0v) is 13.3. The Labute approximate surface area is 135 Å². The quantitative estimate of drug-likeness (QED) is 0.747. The molecule has 1 aromatic carbocycles. The highest BCUT2D eigenvalue weighted by Gasteiger charge is 2.11. The van der Waals surface area contributed by atoms with E-state index < -0.39 is 0 Å². The predicted octanol–water partition coefficient (Wildman–Crippen LogP) is 2.65. The molecule has 0 aliphatic carbocycles. The minimum absolute atomic E-state index is 0.224. The maximum Gasteiger partial charge on any atom is 0.280 e. The number of aromatic nitrogens is 3. The number of methoxy groups -OCH3 is 2. The summed E-state index contributed by atoms with van der Waals surface area (Å²) in [6, 6.07) is 8.95. The Bertz CT molecular complexity index is 861. The normalized spacial score (nSPS) is 10.3. The summed E-state index contributed by atoms with van der Waals surface area (Å²) in [5.41, 5.74) is 0.593. The van der Waals surface area contributed by atoms with E-state index in [2.05, 4.69) is 20.5 Å². The molecular formula is C15H14N4O3S. The van der Waals surface area contributed by atoms with Gasteiger partial charge in [0.15, 0.2) is 5.69 Å². The van der Waals surface area contributed by atoms with Crippen LogP contribution in [0.5, 0.6) is 11.5 Å². The summed E-state index contributed by atoms with van der Waals surface area (Å²) >= 11 is 1.43. The van der Waals surface area contributed by atoms with E-state index in [1.165, 1.54) is 11.3 Å². The zero-order chi connectivity index (χ0) is 16.2. The number of benzene rings is 1. The van der Waals surface area contributed by atoms with Crippen LogP contribution in [0.15, 0.2) is 40.5 Å². The van der Waals surface area contributed by atoms with E-state index in [-0.39, 0.29) is 11.5 Å². The summed E-state index contributed by atoms with van der Waals surface area (Å²) in [6.45, 7) is 0. The number of H-pyrrole nitrogens is 1. The first kappa shape index (κ1) is 15.0. The number of nitrogens with one attached hydrogen (secondary N) is 2. The number of ether oxygens (including phenoxy) is 2. The van der Waals surface area contributed by atoms with Crippen molar-refractivity contribution in [2.24, 2.45) is 0 Å². The third-order valence-electron chi connectivity index (χ3n) is 3.11. The van der Waals surface area contributed by atoms with Crippen molar-refractivity contribution < 1.29 is 9.47 Å². The van der Waals surface area contributed by atoms with Crippen LogP contribution in [0.4, 0.5) is 11.6 Å². The molecule has 23 heavy (non-hydrogen) atoms. The lowest BCUT2D eigenvalue weighted by molar-refractivity contribution is 0.404. The summed E-state index contributed by atoms with van der Waals surface area (Å²) < 4.78 is 10.5. The SMILES string of the molecule is COc1ccc(OC)c(Nc2nnc(-c3cccs3)c(=O)[nH]2)c1. The van der Waals surface area contributed by atoms with Crippen molar-refractivity contribution >= 4 is 23.0 Å². The van der Waals surface area contributed by atoms with Crippen LogP contribution in [0.3, 0.4) is 0 Å². The molecule has 3 aromatic rings. The van der Waals surface area contributed by atoms with Gasteiger partial charge < -0.3 is 14.8 Å². The molecule has 0 fully saturated rings. The fraction of sp³-hybridized carbons (Fsp3) is 0.133. The topological polar surface area (TPSA) is 89.1 Å². The molecule has 0 aliphatic rings. The molecule has 0 aliphatic heterocycles. The van der Waals surface area contributed by atoms with Crippen molar-refractivity contribution in [3.63, 3.8) is 0 Å². The van der Waals surface area contributed by atoms with Crippen LogP contribution in [-0.2, 0) is 0 Å². The van der Waals surface area contributed by atoms with Gasteiger partial charge in [0.05, 0.1) is 24.8 Å². The number of rotatable bonds is 5. The van der Waals surface area contributed by atoms with Crippen LogP contribution in [-0.4, -0.2) is 29.4 Å². The molecule has 8 heteroatoms. The van der Waals surface area contributed by atoms with Crippen molar-refractivity contribution in [1.82, 2.24) is 15.2 Å². The first-order chi connectivity index (χ1) is 11.2. The van der Waals surface area contributed by atoms with Crippen molar-refractivity contribution in [3.05, 3.63) is 46.1 Å². The maximum absolute atomic E-state index is 12.2.